The molecular weight excluding hydrogens is 450 g/mol. The Morgan fingerprint density at radius 2 is 1.68 bits per heavy atom. The number of hydrazone groups is 1. The van der Waals surface area contributed by atoms with Gasteiger partial charge in [-0.05, 0) is 35.4 Å². The van der Waals surface area contributed by atoms with Crippen LogP contribution in [0.3, 0.4) is 0 Å². The summed E-state index contributed by atoms with van der Waals surface area (Å²) in [6.07, 6.45) is 0. The molecule has 164 valence electrons. The Kier molecular flexibility index (Phi) is 4.60. The third kappa shape index (κ3) is 3.28. The molecule has 0 saturated carbocycles. The number of hydrogen-bond acceptors (Lipinski definition) is 7. The number of thiazole rings is 1. The summed E-state index contributed by atoms with van der Waals surface area (Å²) in [5.41, 5.74) is 8.29. The number of hydrogen-bond donors (Lipinski definition) is 2. The number of benzene rings is 3. The van der Waals surface area contributed by atoms with Crippen LogP contribution in [0.15, 0.2) is 92.5 Å². The van der Waals surface area contributed by atoms with Gasteiger partial charge in [-0.2, -0.15) is 5.10 Å². The fraction of sp³-hybridized carbons (Fsp3) is 0. The van der Waals surface area contributed by atoms with E-state index in [1.807, 2.05) is 42.5 Å². The zero-order valence-corrected chi connectivity index (χ0v) is 18.3. The van der Waals surface area contributed by atoms with Gasteiger partial charge in [-0.15, -0.1) is 11.3 Å². The SMILES string of the molecule is O=C(O)c1ccc2c(c1)/C(=N/Nc1nc(-c3cc4ccccc4oc3=O)cs1)c1ccccc1-2. The molecule has 0 radical (unpaired) electrons. The van der Waals surface area contributed by atoms with Gasteiger partial charge in [0.25, 0.3) is 0 Å². The normalized spacial score (nSPS) is 13.1. The first-order chi connectivity index (χ1) is 16.6. The maximum absolute atomic E-state index is 12.5. The van der Waals surface area contributed by atoms with E-state index in [9.17, 15) is 14.7 Å². The average Bonchev–Trinajstić information content (AvgIpc) is 3.44. The smallest absolute Gasteiger partial charge is 0.345 e. The zero-order valence-electron chi connectivity index (χ0n) is 17.5. The van der Waals surface area contributed by atoms with Crippen molar-refractivity contribution in [3.63, 3.8) is 0 Å². The highest BCUT2D eigenvalue weighted by Gasteiger charge is 2.26. The second-order valence-electron chi connectivity index (χ2n) is 7.71. The van der Waals surface area contributed by atoms with Crippen molar-refractivity contribution >= 4 is 39.1 Å². The van der Waals surface area contributed by atoms with Crippen LogP contribution >= 0.6 is 11.3 Å². The number of nitrogens with zero attached hydrogens (tertiary/aromatic N) is 2. The van der Waals surface area contributed by atoms with Gasteiger partial charge < -0.3 is 9.52 Å². The Hall–Kier alpha value is -4.56. The van der Waals surface area contributed by atoms with E-state index in [1.54, 1.807) is 35.7 Å². The predicted octanol–water partition coefficient (Wildman–Crippen LogP) is 5.46. The van der Waals surface area contributed by atoms with Gasteiger partial charge in [0.2, 0.25) is 5.13 Å². The van der Waals surface area contributed by atoms with Crippen LogP contribution in [0.5, 0.6) is 0 Å². The van der Waals surface area contributed by atoms with Crippen LogP contribution < -0.4 is 11.1 Å². The molecule has 3 aromatic carbocycles. The van der Waals surface area contributed by atoms with E-state index in [1.165, 1.54) is 11.3 Å². The first kappa shape index (κ1) is 20.1. The number of aromatic carboxylic acids is 1. The van der Waals surface area contributed by atoms with Crippen molar-refractivity contribution in [2.24, 2.45) is 5.10 Å². The van der Waals surface area contributed by atoms with Crippen molar-refractivity contribution in [3.05, 3.63) is 105 Å². The van der Waals surface area contributed by atoms with E-state index >= 15 is 0 Å². The lowest BCUT2D eigenvalue weighted by molar-refractivity contribution is 0.0697. The minimum Gasteiger partial charge on any atom is -0.478 e. The Bertz CT molecular complexity index is 1700. The third-order valence-corrected chi connectivity index (χ3v) is 6.43. The van der Waals surface area contributed by atoms with Crippen LogP contribution in [-0.2, 0) is 0 Å². The molecule has 7 nitrogen and oxygen atoms in total. The lowest BCUT2D eigenvalue weighted by Gasteiger charge is -2.03. The van der Waals surface area contributed by atoms with Crippen molar-refractivity contribution in [2.45, 2.75) is 0 Å². The molecule has 8 heteroatoms. The Morgan fingerprint density at radius 1 is 0.912 bits per heavy atom. The highest BCUT2D eigenvalue weighted by Crippen LogP contribution is 2.37. The average molecular weight is 465 g/mol. The molecule has 0 atom stereocenters. The molecular formula is C26H15N3O4S. The maximum Gasteiger partial charge on any atom is 0.345 e. The Balaban J connectivity index is 1.37. The van der Waals surface area contributed by atoms with Crippen LogP contribution in [0.2, 0.25) is 0 Å². The lowest BCUT2D eigenvalue weighted by Crippen LogP contribution is -2.05. The van der Waals surface area contributed by atoms with E-state index in [4.69, 9.17) is 4.42 Å². The van der Waals surface area contributed by atoms with Gasteiger partial charge >= 0.3 is 11.6 Å². The number of carboxylic acid groups (broad SMARTS) is 1. The summed E-state index contributed by atoms with van der Waals surface area (Å²) in [5.74, 6) is -0.996. The molecule has 0 aliphatic heterocycles. The van der Waals surface area contributed by atoms with Gasteiger partial charge in [-0.1, -0.05) is 48.5 Å². The van der Waals surface area contributed by atoms with Gasteiger partial charge in [0, 0.05) is 21.9 Å². The highest BCUT2D eigenvalue weighted by molar-refractivity contribution is 7.14. The summed E-state index contributed by atoms with van der Waals surface area (Å²) in [7, 11) is 0. The summed E-state index contributed by atoms with van der Waals surface area (Å²) in [6, 6.07) is 21.9. The summed E-state index contributed by atoms with van der Waals surface area (Å²) >= 11 is 1.31. The molecule has 34 heavy (non-hydrogen) atoms. The molecule has 5 aromatic rings. The van der Waals surface area contributed by atoms with E-state index in [0.717, 1.165) is 27.6 Å². The fourth-order valence-corrected chi connectivity index (χ4v) is 4.74. The van der Waals surface area contributed by atoms with Crippen molar-refractivity contribution in [1.82, 2.24) is 4.98 Å². The number of carbonyl (C=O) groups is 1. The molecule has 0 saturated heterocycles. The third-order valence-electron chi connectivity index (χ3n) is 5.68. The van der Waals surface area contributed by atoms with E-state index in [-0.39, 0.29) is 5.56 Å². The Morgan fingerprint density at radius 3 is 2.53 bits per heavy atom. The molecule has 2 heterocycles. The molecule has 0 bridgehead atoms. The van der Waals surface area contributed by atoms with Crippen LogP contribution in [-0.4, -0.2) is 21.8 Å². The summed E-state index contributed by atoms with van der Waals surface area (Å²) in [4.78, 5) is 28.5. The minimum atomic E-state index is -0.996. The number of aromatic nitrogens is 1. The number of para-hydroxylation sites is 1. The molecule has 1 aliphatic carbocycles. The zero-order chi connectivity index (χ0) is 23.2. The van der Waals surface area contributed by atoms with Crippen LogP contribution in [0, 0.1) is 0 Å². The molecule has 0 amide bonds. The second-order valence-corrected chi connectivity index (χ2v) is 8.56. The molecule has 0 unspecified atom stereocenters. The van der Waals surface area contributed by atoms with Gasteiger partial charge in [0.15, 0.2) is 0 Å². The number of rotatable bonds is 4. The standard InChI is InChI=1S/C26H15N3O4S/c30-24(31)15-9-10-17-16-6-2-3-7-18(16)23(19(17)12-15)28-29-26-27-21(13-34-26)20-11-14-5-1-4-8-22(14)33-25(20)32/h1-13H,(H,27,29)(H,30,31)/b28-23+. The number of nitrogens with one attached hydrogen (secondary N) is 1. The molecule has 2 aromatic heterocycles. The summed E-state index contributed by atoms with van der Waals surface area (Å²) < 4.78 is 5.42. The van der Waals surface area contributed by atoms with Crippen molar-refractivity contribution < 1.29 is 14.3 Å². The van der Waals surface area contributed by atoms with Crippen LogP contribution in [0.4, 0.5) is 5.13 Å². The Labute approximate surface area is 196 Å². The van der Waals surface area contributed by atoms with Gasteiger partial charge in [0.1, 0.15) is 5.58 Å². The molecule has 0 fully saturated rings. The molecule has 2 N–H and O–H groups in total. The molecule has 0 spiro atoms. The summed E-state index contributed by atoms with van der Waals surface area (Å²) in [5, 5.41) is 17.1. The van der Waals surface area contributed by atoms with Gasteiger partial charge in [-0.25, -0.2) is 14.6 Å². The van der Waals surface area contributed by atoms with Crippen molar-refractivity contribution in [3.8, 4) is 22.4 Å². The van der Waals surface area contributed by atoms with E-state index < -0.39 is 11.6 Å². The second kappa shape index (κ2) is 7.79. The molecule has 1 aliphatic rings. The van der Waals surface area contributed by atoms with E-state index in [0.29, 0.717) is 27.7 Å². The van der Waals surface area contributed by atoms with Crippen LogP contribution in [0.25, 0.3) is 33.4 Å². The fourth-order valence-electron chi connectivity index (χ4n) is 4.09. The van der Waals surface area contributed by atoms with Crippen molar-refractivity contribution in [1.29, 1.82) is 0 Å². The maximum atomic E-state index is 12.5. The van der Waals surface area contributed by atoms with E-state index in [2.05, 4.69) is 15.5 Å². The van der Waals surface area contributed by atoms with Gasteiger partial charge in [-0.3, -0.25) is 5.43 Å². The first-order valence-electron chi connectivity index (χ1n) is 10.4. The number of carboxylic acids is 1. The lowest BCUT2D eigenvalue weighted by atomic mass is 10.0. The summed E-state index contributed by atoms with van der Waals surface area (Å²) in [6.45, 7) is 0. The van der Waals surface area contributed by atoms with Gasteiger partial charge in [0.05, 0.1) is 22.5 Å². The highest BCUT2D eigenvalue weighted by atomic mass is 32.1. The van der Waals surface area contributed by atoms with Crippen LogP contribution in [0.1, 0.15) is 21.5 Å². The minimum absolute atomic E-state index is 0.193. The quantitative estimate of drug-likeness (QED) is 0.265. The molecule has 6 rings (SSSR count). The van der Waals surface area contributed by atoms with Crippen molar-refractivity contribution in [2.75, 3.05) is 5.43 Å². The topological polar surface area (TPSA) is 105 Å². The first-order valence-corrected chi connectivity index (χ1v) is 11.3. The number of fused-ring (bicyclic) bond motifs is 4. The monoisotopic (exact) mass is 465 g/mol. The number of anilines is 1. The largest absolute Gasteiger partial charge is 0.478 e. The predicted molar refractivity (Wildman–Crippen MR) is 132 cm³/mol.